The van der Waals surface area contributed by atoms with Crippen LogP contribution in [0.25, 0.3) is 28.0 Å². The molecule has 9 heteroatoms. The van der Waals surface area contributed by atoms with Crippen LogP contribution in [0.1, 0.15) is 12.6 Å². The molecule has 0 aliphatic rings. The van der Waals surface area contributed by atoms with Gasteiger partial charge >= 0.3 is 35.5 Å². The number of rotatable bonds is 3. The number of carbonyl (C=O) groups is 1. The van der Waals surface area contributed by atoms with Crippen molar-refractivity contribution in [2.75, 3.05) is 0 Å². The predicted octanol–water partition coefficient (Wildman–Crippen LogP) is 0.653. The van der Waals surface area contributed by atoms with E-state index in [0.29, 0.717) is 28.3 Å². The van der Waals surface area contributed by atoms with Gasteiger partial charge in [0.25, 0.3) is 0 Å². The van der Waals surface area contributed by atoms with Crippen LogP contribution in [0, 0.1) is 18.6 Å². The second-order valence-corrected chi connectivity index (χ2v) is 6.42. The molecular formula is C21H14F2N3NaO3. The van der Waals surface area contributed by atoms with Gasteiger partial charge in [-0.05, 0) is 55.3 Å². The molecular weight excluding hydrogens is 403 g/mol. The van der Waals surface area contributed by atoms with Gasteiger partial charge in [-0.25, -0.2) is 18.3 Å². The van der Waals surface area contributed by atoms with Gasteiger partial charge in [-0.2, -0.15) is 5.10 Å². The van der Waals surface area contributed by atoms with E-state index in [2.05, 4.69) is 10.1 Å². The summed E-state index contributed by atoms with van der Waals surface area (Å²) < 4.78 is 33.8. The van der Waals surface area contributed by atoms with Gasteiger partial charge in [0, 0.05) is 24.1 Å². The Morgan fingerprint density at radius 3 is 2.43 bits per heavy atom. The van der Waals surface area contributed by atoms with Crippen molar-refractivity contribution in [2.24, 2.45) is 0 Å². The van der Waals surface area contributed by atoms with Crippen molar-refractivity contribution in [3.63, 3.8) is 0 Å². The minimum absolute atomic E-state index is 0. The predicted molar refractivity (Wildman–Crippen MR) is 99.3 cm³/mol. The van der Waals surface area contributed by atoms with Gasteiger partial charge in [0.05, 0.1) is 17.0 Å². The van der Waals surface area contributed by atoms with Crippen LogP contribution in [0.5, 0.6) is 11.6 Å². The van der Waals surface area contributed by atoms with Crippen LogP contribution in [0.3, 0.4) is 0 Å². The number of benzene rings is 2. The molecule has 0 amide bonds. The zero-order chi connectivity index (χ0) is 20.7. The standard InChI is InChI=1S/C21H15F2N3O3.Na/c1-11-20(16-8-5-14(22)9-17(16)23)21-24-18(10-19(28)26(21)25-11)13-3-6-15(7-4-13)29-12(2)27;/h3-10,28H,1-2H3;/q;+1/p-1. The van der Waals surface area contributed by atoms with Crippen molar-refractivity contribution in [3.8, 4) is 34.0 Å². The van der Waals surface area contributed by atoms with Crippen molar-refractivity contribution >= 4 is 11.6 Å². The molecule has 0 aliphatic carbocycles. The quantitative estimate of drug-likeness (QED) is 0.278. The number of ether oxygens (including phenoxy) is 1. The number of aryl methyl sites for hydroxylation is 1. The largest absolute Gasteiger partial charge is 1.00 e. The molecule has 4 aromatic rings. The first-order chi connectivity index (χ1) is 13.8. The van der Waals surface area contributed by atoms with Crippen LogP contribution >= 0.6 is 0 Å². The number of carbonyl (C=O) groups excluding carboxylic acids is 1. The van der Waals surface area contributed by atoms with Crippen molar-refractivity contribution < 1.29 is 53.0 Å². The number of hydrogen-bond acceptors (Lipinski definition) is 5. The minimum Gasteiger partial charge on any atom is -0.858 e. The first-order valence-electron chi connectivity index (χ1n) is 8.65. The van der Waals surface area contributed by atoms with Crippen LogP contribution in [-0.4, -0.2) is 20.6 Å². The summed E-state index contributed by atoms with van der Waals surface area (Å²) in [5, 5.41) is 16.7. The van der Waals surface area contributed by atoms with E-state index in [1.165, 1.54) is 19.1 Å². The maximum absolute atomic E-state index is 14.4. The second-order valence-electron chi connectivity index (χ2n) is 6.42. The van der Waals surface area contributed by atoms with E-state index in [9.17, 15) is 18.7 Å². The minimum atomic E-state index is -0.770. The number of halogens is 2. The van der Waals surface area contributed by atoms with E-state index >= 15 is 0 Å². The Morgan fingerprint density at radius 1 is 1.10 bits per heavy atom. The van der Waals surface area contributed by atoms with Crippen LogP contribution in [0.15, 0.2) is 48.5 Å². The van der Waals surface area contributed by atoms with Gasteiger partial charge in [-0.1, -0.05) is 0 Å². The van der Waals surface area contributed by atoms with Crippen molar-refractivity contribution in [3.05, 3.63) is 65.9 Å². The Labute approximate surface area is 192 Å². The monoisotopic (exact) mass is 417 g/mol. The molecule has 2 aromatic carbocycles. The van der Waals surface area contributed by atoms with Crippen molar-refractivity contribution in [1.29, 1.82) is 0 Å². The molecule has 0 atom stereocenters. The molecule has 30 heavy (non-hydrogen) atoms. The van der Waals surface area contributed by atoms with Gasteiger partial charge < -0.3 is 9.84 Å². The van der Waals surface area contributed by atoms with E-state index in [0.717, 1.165) is 16.6 Å². The Bertz CT molecular complexity index is 1260. The molecule has 0 radical (unpaired) electrons. The molecule has 0 aliphatic heterocycles. The zero-order valence-corrected chi connectivity index (χ0v) is 18.4. The second kappa shape index (κ2) is 8.51. The fourth-order valence-electron chi connectivity index (χ4n) is 3.11. The van der Waals surface area contributed by atoms with Gasteiger partial charge in [-0.15, -0.1) is 0 Å². The average Bonchev–Trinajstić information content (AvgIpc) is 2.99. The van der Waals surface area contributed by atoms with Gasteiger partial charge in [0.2, 0.25) is 0 Å². The summed E-state index contributed by atoms with van der Waals surface area (Å²) in [5.41, 5.74) is 1.93. The summed E-state index contributed by atoms with van der Waals surface area (Å²) >= 11 is 0. The number of aromatic nitrogens is 3. The fraction of sp³-hybridized carbons (Fsp3) is 0.0952. The molecule has 2 aromatic heterocycles. The fourth-order valence-corrected chi connectivity index (χ4v) is 3.11. The summed E-state index contributed by atoms with van der Waals surface area (Å²) in [6.07, 6.45) is 0. The van der Waals surface area contributed by atoms with E-state index < -0.39 is 23.5 Å². The Balaban J connectivity index is 0.00000256. The number of fused-ring (bicyclic) bond motifs is 1. The zero-order valence-electron chi connectivity index (χ0n) is 16.4. The third-order valence-corrected chi connectivity index (χ3v) is 4.34. The maximum Gasteiger partial charge on any atom is 1.00 e. The Hall–Kier alpha value is -2.81. The van der Waals surface area contributed by atoms with Crippen molar-refractivity contribution in [1.82, 2.24) is 14.6 Å². The molecule has 0 spiro atoms. The van der Waals surface area contributed by atoms with Crippen LogP contribution in [0.2, 0.25) is 0 Å². The maximum atomic E-state index is 14.4. The molecule has 2 heterocycles. The first kappa shape index (κ1) is 21.9. The van der Waals surface area contributed by atoms with Crippen LogP contribution in [-0.2, 0) is 4.79 Å². The van der Waals surface area contributed by atoms with Crippen molar-refractivity contribution in [2.45, 2.75) is 13.8 Å². The van der Waals surface area contributed by atoms with Gasteiger partial charge in [0.1, 0.15) is 17.4 Å². The number of nitrogens with zero attached hydrogens (tertiary/aromatic N) is 3. The van der Waals surface area contributed by atoms with Gasteiger partial charge in [0.15, 0.2) is 5.65 Å². The van der Waals surface area contributed by atoms with E-state index in [1.54, 1.807) is 31.2 Å². The Morgan fingerprint density at radius 2 is 1.80 bits per heavy atom. The van der Waals surface area contributed by atoms with E-state index in [4.69, 9.17) is 4.74 Å². The summed E-state index contributed by atoms with van der Waals surface area (Å²) in [6.45, 7) is 2.92. The summed E-state index contributed by atoms with van der Waals surface area (Å²) in [5.74, 6) is -2.00. The molecule has 0 saturated heterocycles. The summed E-state index contributed by atoms with van der Waals surface area (Å²) in [4.78, 5) is 15.5. The molecule has 6 nitrogen and oxygen atoms in total. The smallest absolute Gasteiger partial charge is 0.858 e. The molecule has 0 unspecified atom stereocenters. The molecule has 0 bridgehead atoms. The molecule has 146 valence electrons. The Kier molecular flexibility index (Phi) is 6.21. The topological polar surface area (TPSA) is 79.5 Å². The number of esters is 1. The SMILES string of the molecule is CC(=O)Oc1ccc(-c2cc([O-])n3nc(C)c(-c4ccc(F)cc4F)c3n2)cc1.[Na+]. The first-order valence-corrected chi connectivity index (χ1v) is 8.65. The molecule has 0 saturated carbocycles. The van der Waals surface area contributed by atoms with E-state index in [1.807, 2.05) is 0 Å². The third kappa shape index (κ3) is 4.07. The summed E-state index contributed by atoms with van der Waals surface area (Å²) in [6, 6.07) is 11.0. The summed E-state index contributed by atoms with van der Waals surface area (Å²) in [7, 11) is 0. The molecule has 0 N–H and O–H groups in total. The number of hydrogen-bond donors (Lipinski definition) is 0. The normalized spacial score (nSPS) is 10.7. The van der Waals surface area contributed by atoms with Crippen LogP contribution < -0.4 is 39.4 Å². The molecule has 0 fully saturated rings. The molecule has 4 rings (SSSR count). The third-order valence-electron chi connectivity index (χ3n) is 4.34. The van der Waals surface area contributed by atoms with E-state index in [-0.39, 0.29) is 40.8 Å². The van der Waals surface area contributed by atoms with Gasteiger partial charge in [-0.3, -0.25) is 4.79 Å². The van der Waals surface area contributed by atoms with Crippen LogP contribution in [0.4, 0.5) is 8.78 Å². The average molecular weight is 417 g/mol.